The van der Waals surface area contributed by atoms with Crippen molar-refractivity contribution in [2.45, 2.75) is 13.0 Å². The Morgan fingerprint density at radius 1 is 1.29 bits per heavy atom. The molecule has 0 aliphatic carbocycles. The third kappa shape index (κ3) is 3.84. The van der Waals surface area contributed by atoms with Crippen LogP contribution in [0.2, 0.25) is 0 Å². The van der Waals surface area contributed by atoms with Crippen molar-refractivity contribution in [3.63, 3.8) is 0 Å². The molecule has 24 heavy (non-hydrogen) atoms. The lowest BCUT2D eigenvalue weighted by molar-refractivity contribution is -0.128. The fourth-order valence-corrected chi connectivity index (χ4v) is 3.15. The van der Waals surface area contributed by atoms with E-state index in [9.17, 15) is 9.59 Å². The molecule has 1 unspecified atom stereocenters. The molecular weight excluding hydrogens is 306 g/mol. The number of aromatic nitrogens is 1. The summed E-state index contributed by atoms with van der Waals surface area (Å²) in [6.45, 7) is 4.98. The highest BCUT2D eigenvalue weighted by atomic mass is 16.2. The van der Waals surface area contributed by atoms with Gasteiger partial charge in [0.15, 0.2) is 0 Å². The summed E-state index contributed by atoms with van der Waals surface area (Å²) in [5.41, 5.74) is 1.03. The van der Waals surface area contributed by atoms with Gasteiger partial charge in [0.25, 0.3) is 0 Å². The van der Waals surface area contributed by atoms with Crippen LogP contribution in [-0.4, -0.2) is 73.4 Å². The summed E-state index contributed by atoms with van der Waals surface area (Å²) in [6.07, 6.45) is 2.10. The van der Waals surface area contributed by atoms with E-state index in [4.69, 9.17) is 0 Å². The standard InChI is InChI=1S/C17H25N5O2/c1-20-5-7-22(8-6-20)15-9-13(3-4-18-15)11-19-17(24)14-10-16(23)21(2)12-14/h3-4,9,14H,5-8,10-12H2,1-2H3,(H,19,24). The van der Waals surface area contributed by atoms with Gasteiger partial charge in [-0.3, -0.25) is 9.59 Å². The van der Waals surface area contributed by atoms with Crippen molar-refractivity contribution in [2.75, 3.05) is 51.7 Å². The number of anilines is 1. The van der Waals surface area contributed by atoms with Crippen LogP contribution in [-0.2, 0) is 16.1 Å². The van der Waals surface area contributed by atoms with Crippen LogP contribution in [0.3, 0.4) is 0 Å². The summed E-state index contributed by atoms with van der Waals surface area (Å²) in [4.78, 5) is 34.4. The van der Waals surface area contributed by atoms with E-state index in [-0.39, 0.29) is 17.7 Å². The molecule has 2 aliphatic rings. The zero-order chi connectivity index (χ0) is 17.1. The van der Waals surface area contributed by atoms with Gasteiger partial charge in [-0.05, 0) is 24.7 Å². The van der Waals surface area contributed by atoms with Crippen molar-refractivity contribution in [1.82, 2.24) is 20.1 Å². The van der Waals surface area contributed by atoms with E-state index in [1.807, 2.05) is 12.1 Å². The maximum Gasteiger partial charge on any atom is 0.225 e. The van der Waals surface area contributed by atoms with E-state index in [0.29, 0.717) is 19.5 Å². The van der Waals surface area contributed by atoms with Crippen molar-refractivity contribution in [2.24, 2.45) is 5.92 Å². The van der Waals surface area contributed by atoms with Gasteiger partial charge < -0.3 is 20.0 Å². The number of piperazine rings is 1. The van der Waals surface area contributed by atoms with Crippen molar-refractivity contribution >= 4 is 17.6 Å². The molecule has 1 aromatic rings. The molecule has 3 heterocycles. The van der Waals surface area contributed by atoms with E-state index in [2.05, 4.69) is 27.1 Å². The number of hydrogen-bond donors (Lipinski definition) is 1. The summed E-state index contributed by atoms with van der Waals surface area (Å²) < 4.78 is 0. The fourth-order valence-electron chi connectivity index (χ4n) is 3.15. The molecule has 2 saturated heterocycles. The van der Waals surface area contributed by atoms with Crippen LogP contribution < -0.4 is 10.2 Å². The SMILES string of the molecule is CN1CCN(c2cc(CNC(=O)C3CC(=O)N(C)C3)ccn2)CC1. The van der Waals surface area contributed by atoms with Gasteiger partial charge in [-0.1, -0.05) is 0 Å². The first kappa shape index (κ1) is 16.7. The monoisotopic (exact) mass is 331 g/mol. The summed E-state index contributed by atoms with van der Waals surface area (Å²) in [7, 11) is 3.86. The highest BCUT2D eigenvalue weighted by Gasteiger charge is 2.31. The van der Waals surface area contributed by atoms with Crippen LogP contribution in [0.25, 0.3) is 0 Å². The van der Waals surface area contributed by atoms with Crippen LogP contribution in [0.1, 0.15) is 12.0 Å². The number of pyridine rings is 1. The largest absolute Gasteiger partial charge is 0.354 e. The molecule has 0 aromatic carbocycles. The molecule has 7 nitrogen and oxygen atoms in total. The molecule has 1 N–H and O–H groups in total. The number of carbonyl (C=O) groups excluding carboxylic acids is 2. The number of nitrogens with one attached hydrogen (secondary N) is 1. The van der Waals surface area contributed by atoms with Crippen LogP contribution in [0.4, 0.5) is 5.82 Å². The minimum atomic E-state index is -0.235. The molecule has 3 rings (SSSR count). The highest BCUT2D eigenvalue weighted by molar-refractivity contribution is 5.89. The Kier molecular flexibility index (Phi) is 4.99. The quantitative estimate of drug-likeness (QED) is 0.836. The van der Waals surface area contributed by atoms with E-state index in [1.54, 1.807) is 18.1 Å². The average molecular weight is 331 g/mol. The number of carbonyl (C=O) groups is 2. The van der Waals surface area contributed by atoms with Gasteiger partial charge >= 0.3 is 0 Å². The van der Waals surface area contributed by atoms with Crippen LogP contribution in [0, 0.1) is 5.92 Å². The third-order valence-electron chi connectivity index (χ3n) is 4.82. The molecule has 1 aromatic heterocycles. The van der Waals surface area contributed by atoms with Crippen molar-refractivity contribution in [3.05, 3.63) is 23.9 Å². The molecule has 0 bridgehead atoms. The molecule has 0 saturated carbocycles. The Morgan fingerprint density at radius 3 is 2.71 bits per heavy atom. The highest BCUT2D eigenvalue weighted by Crippen LogP contribution is 2.17. The minimum Gasteiger partial charge on any atom is -0.354 e. The molecule has 1 atom stereocenters. The fraction of sp³-hybridized carbons (Fsp3) is 0.588. The molecule has 0 spiro atoms. The van der Waals surface area contributed by atoms with Gasteiger partial charge in [0.2, 0.25) is 11.8 Å². The molecule has 2 fully saturated rings. The van der Waals surface area contributed by atoms with Gasteiger partial charge in [-0.15, -0.1) is 0 Å². The Balaban J connectivity index is 1.55. The van der Waals surface area contributed by atoms with E-state index >= 15 is 0 Å². The topological polar surface area (TPSA) is 68.8 Å². The molecule has 0 radical (unpaired) electrons. The van der Waals surface area contributed by atoms with E-state index in [0.717, 1.165) is 37.6 Å². The first-order valence-electron chi connectivity index (χ1n) is 8.43. The van der Waals surface area contributed by atoms with Crippen LogP contribution >= 0.6 is 0 Å². The van der Waals surface area contributed by atoms with E-state index < -0.39 is 0 Å². The second kappa shape index (κ2) is 7.17. The lowest BCUT2D eigenvalue weighted by atomic mass is 10.1. The zero-order valence-electron chi connectivity index (χ0n) is 14.4. The average Bonchev–Trinajstić information content (AvgIpc) is 2.93. The number of likely N-dealkylation sites (tertiary alicyclic amines) is 1. The normalized spacial score (nSPS) is 22.1. The summed E-state index contributed by atoms with van der Waals surface area (Å²) in [5, 5.41) is 2.95. The predicted octanol–water partition coefficient (Wildman–Crippen LogP) is -0.0721. The molecule has 2 amide bonds. The van der Waals surface area contributed by atoms with Crippen molar-refractivity contribution in [1.29, 1.82) is 0 Å². The molecule has 2 aliphatic heterocycles. The van der Waals surface area contributed by atoms with Gasteiger partial charge in [-0.2, -0.15) is 0 Å². The zero-order valence-corrected chi connectivity index (χ0v) is 14.4. The maximum atomic E-state index is 12.2. The molecular formula is C17H25N5O2. The van der Waals surface area contributed by atoms with E-state index in [1.165, 1.54) is 0 Å². The second-order valence-corrected chi connectivity index (χ2v) is 6.71. The summed E-state index contributed by atoms with van der Waals surface area (Å²) >= 11 is 0. The Labute approximate surface area is 142 Å². The maximum absolute atomic E-state index is 12.2. The van der Waals surface area contributed by atoms with Gasteiger partial charge in [-0.25, -0.2) is 4.98 Å². The Hall–Kier alpha value is -2.15. The second-order valence-electron chi connectivity index (χ2n) is 6.71. The predicted molar refractivity (Wildman–Crippen MR) is 91.5 cm³/mol. The first-order valence-corrected chi connectivity index (χ1v) is 8.43. The lowest BCUT2D eigenvalue weighted by Gasteiger charge is -2.33. The number of amides is 2. The molecule has 7 heteroatoms. The van der Waals surface area contributed by atoms with Gasteiger partial charge in [0, 0.05) is 58.9 Å². The minimum absolute atomic E-state index is 0.0383. The van der Waals surface area contributed by atoms with Crippen LogP contribution in [0.5, 0.6) is 0 Å². The Bertz CT molecular complexity index is 613. The van der Waals surface area contributed by atoms with Crippen molar-refractivity contribution < 1.29 is 9.59 Å². The number of rotatable bonds is 4. The van der Waals surface area contributed by atoms with Gasteiger partial charge in [0.05, 0.1) is 5.92 Å². The lowest BCUT2D eigenvalue weighted by Crippen LogP contribution is -2.44. The summed E-state index contributed by atoms with van der Waals surface area (Å²) in [6, 6.07) is 3.96. The first-order chi connectivity index (χ1) is 11.5. The smallest absolute Gasteiger partial charge is 0.225 e. The van der Waals surface area contributed by atoms with Crippen LogP contribution in [0.15, 0.2) is 18.3 Å². The molecule has 130 valence electrons. The van der Waals surface area contributed by atoms with Crippen molar-refractivity contribution in [3.8, 4) is 0 Å². The number of nitrogens with zero attached hydrogens (tertiary/aromatic N) is 4. The number of likely N-dealkylation sites (N-methyl/N-ethyl adjacent to an activating group) is 1. The number of hydrogen-bond acceptors (Lipinski definition) is 5. The summed E-state index contributed by atoms with van der Waals surface area (Å²) in [5.74, 6) is 0.717. The van der Waals surface area contributed by atoms with Gasteiger partial charge in [0.1, 0.15) is 5.82 Å². The Morgan fingerprint density at radius 2 is 2.04 bits per heavy atom. The third-order valence-corrected chi connectivity index (χ3v) is 4.82.